The highest BCUT2D eigenvalue weighted by Gasteiger charge is 2.06. The molecule has 1 aromatic rings. The lowest BCUT2D eigenvalue weighted by Gasteiger charge is -2.06. The van der Waals surface area contributed by atoms with Crippen molar-refractivity contribution in [1.29, 1.82) is 0 Å². The zero-order chi connectivity index (χ0) is 9.84. The molecule has 13 heavy (non-hydrogen) atoms. The lowest BCUT2D eigenvalue weighted by Crippen LogP contribution is -1.90. The summed E-state index contributed by atoms with van der Waals surface area (Å²) in [6.07, 6.45) is 0. The molecular formula is C10H12N2S. The average molecular weight is 192 g/mol. The minimum absolute atomic E-state index is 0.467. The number of pyridine rings is 1. The van der Waals surface area contributed by atoms with Crippen LogP contribution < -0.4 is 0 Å². The molecule has 0 spiro atoms. The van der Waals surface area contributed by atoms with Crippen molar-refractivity contribution in [1.82, 2.24) is 4.98 Å². The molecule has 0 atom stereocenters. The normalized spacial score (nSPS) is 10.1. The van der Waals surface area contributed by atoms with Gasteiger partial charge < -0.3 is 0 Å². The first-order chi connectivity index (χ1) is 6.13. The first-order valence-corrected chi connectivity index (χ1v) is 5.03. The summed E-state index contributed by atoms with van der Waals surface area (Å²) in [4.78, 5) is 7.76. The fraction of sp³-hybridized carbons (Fsp3) is 0.400. The third-order valence-electron chi connectivity index (χ3n) is 1.45. The van der Waals surface area contributed by atoms with E-state index in [-0.39, 0.29) is 0 Å². The largest absolute Gasteiger partial charge is 0.259 e. The van der Waals surface area contributed by atoms with E-state index in [9.17, 15) is 0 Å². The maximum absolute atomic E-state index is 6.97. The van der Waals surface area contributed by atoms with E-state index in [1.54, 1.807) is 11.8 Å². The predicted octanol–water partition coefficient (Wildman–Crippen LogP) is 3.44. The van der Waals surface area contributed by atoms with Gasteiger partial charge in [0, 0.05) is 10.9 Å². The Morgan fingerprint density at radius 1 is 1.46 bits per heavy atom. The van der Waals surface area contributed by atoms with Crippen LogP contribution in [0.5, 0.6) is 0 Å². The lowest BCUT2D eigenvalue weighted by atomic mass is 10.3. The standard InChI is InChI=1S/C10H12N2S/c1-7(2)13-10-9(11-4)6-5-8(3)12-10/h5-7H,1-3H3. The van der Waals surface area contributed by atoms with Gasteiger partial charge in [0.05, 0.1) is 6.57 Å². The number of rotatable bonds is 2. The predicted molar refractivity (Wildman–Crippen MR) is 56.2 cm³/mol. The van der Waals surface area contributed by atoms with E-state index >= 15 is 0 Å². The molecule has 1 rings (SSSR count). The summed E-state index contributed by atoms with van der Waals surface area (Å²) in [5.74, 6) is 0. The molecule has 0 radical (unpaired) electrons. The van der Waals surface area contributed by atoms with Crippen LogP contribution in [0.25, 0.3) is 4.85 Å². The van der Waals surface area contributed by atoms with Gasteiger partial charge in [-0.25, -0.2) is 4.85 Å². The Labute approximate surface area is 83.2 Å². The third-order valence-corrected chi connectivity index (χ3v) is 2.44. The molecule has 0 aliphatic carbocycles. The van der Waals surface area contributed by atoms with E-state index < -0.39 is 0 Å². The third kappa shape index (κ3) is 2.74. The number of thioether (sulfide) groups is 1. The van der Waals surface area contributed by atoms with Gasteiger partial charge in [0.2, 0.25) is 5.69 Å². The molecule has 0 saturated carbocycles. The van der Waals surface area contributed by atoms with Gasteiger partial charge in [0.15, 0.2) is 0 Å². The fourth-order valence-electron chi connectivity index (χ4n) is 0.921. The molecule has 0 amide bonds. The van der Waals surface area contributed by atoms with E-state index in [0.29, 0.717) is 10.9 Å². The van der Waals surface area contributed by atoms with E-state index in [0.717, 1.165) is 10.7 Å². The van der Waals surface area contributed by atoms with Crippen LogP contribution in [0.3, 0.4) is 0 Å². The van der Waals surface area contributed by atoms with Crippen LogP contribution in [0, 0.1) is 13.5 Å². The van der Waals surface area contributed by atoms with Gasteiger partial charge in [-0.1, -0.05) is 26.0 Å². The second-order valence-corrected chi connectivity index (χ2v) is 4.62. The second kappa shape index (κ2) is 4.29. The van der Waals surface area contributed by atoms with Crippen LogP contribution in [0.4, 0.5) is 5.69 Å². The molecular weight excluding hydrogens is 180 g/mol. The summed E-state index contributed by atoms with van der Waals surface area (Å²) in [5, 5.41) is 1.32. The number of hydrogen-bond donors (Lipinski definition) is 0. The number of nitrogens with zero attached hydrogens (tertiary/aromatic N) is 2. The molecule has 2 nitrogen and oxygen atoms in total. The lowest BCUT2D eigenvalue weighted by molar-refractivity contribution is 1.05. The SMILES string of the molecule is [C-]#[N+]c1ccc(C)nc1SC(C)C. The van der Waals surface area contributed by atoms with E-state index in [1.165, 1.54) is 0 Å². The highest BCUT2D eigenvalue weighted by atomic mass is 32.2. The Hall–Kier alpha value is -1.01. The molecule has 0 fully saturated rings. The number of aryl methyl sites for hydroxylation is 1. The molecule has 0 aliphatic rings. The number of aromatic nitrogens is 1. The van der Waals surface area contributed by atoms with E-state index in [2.05, 4.69) is 23.7 Å². The van der Waals surface area contributed by atoms with Gasteiger partial charge in [-0.2, -0.15) is 0 Å². The highest BCUT2D eigenvalue weighted by molar-refractivity contribution is 7.99. The van der Waals surface area contributed by atoms with Crippen LogP contribution in [-0.2, 0) is 0 Å². The molecule has 68 valence electrons. The summed E-state index contributed by atoms with van der Waals surface area (Å²) in [5.41, 5.74) is 1.62. The summed E-state index contributed by atoms with van der Waals surface area (Å²) in [6, 6.07) is 3.71. The summed E-state index contributed by atoms with van der Waals surface area (Å²) < 4.78 is 0. The highest BCUT2D eigenvalue weighted by Crippen LogP contribution is 2.30. The number of hydrogen-bond acceptors (Lipinski definition) is 2. The Morgan fingerprint density at radius 3 is 2.69 bits per heavy atom. The van der Waals surface area contributed by atoms with Gasteiger partial charge in [-0.15, -0.1) is 11.8 Å². The average Bonchev–Trinajstić information content (AvgIpc) is 2.03. The van der Waals surface area contributed by atoms with Gasteiger partial charge in [0.25, 0.3) is 0 Å². The molecule has 0 aliphatic heterocycles. The fourth-order valence-corrected chi connectivity index (χ4v) is 1.80. The van der Waals surface area contributed by atoms with Gasteiger partial charge in [0.1, 0.15) is 5.03 Å². The first kappa shape index (κ1) is 10.1. The Balaban J connectivity index is 3.03. The summed E-state index contributed by atoms with van der Waals surface area (Å²) >= 11 is 1.64. The summed E-state index contributed by atoms with van der Waals surface area (Å²) in [7, 11) is 0. The zero-order valence-corrected chi connectivity index (χ0v) is 8.85. The van der Waals surface area contributed by atoms with E-state index in [4.69, 9.17) is 6.57 Å². The van der Waals surface area contributed by atoms with Crippen molar-refractivity contribution in [3.8, 4) is 0 Å². The first-order valence-electron chi connectivity index (χ1n) is 4.15. The molecule has 0 unspecified atom stereocenters. The molecule has 3 heteroatoms. The topological polar surface area (TPSA) is 17.2 Å². The van der Waals surface area contributed by atoms with Crippen molar-refractivity contribution >= 4 is 17.4 Å². The Bertz CT molecular complexity index is 339. The molecule has 0 bridgehead atoms. The monoisotopic (exact) mass is 192 g/mol. The van der Waals surface area contributed by atoms with Crippen molar-refractivity contribution in [2.24, 2.45) is 0 Å². The molecule has 1 heterocycles. The smallest absolute Gasteiger partial charge is 0.218 e. The quantitative estimate of drug-likeness (QED) is 0.527. The van der Waals surface area contributed by atoms with Crippen molar-refractivity contribution in [3.05, 3.63) is 29.2 Å². The van der Waals surface area contributed by atoms with Crippen molar-refractivity contribution in [3.63, 3.8) is 0 Å². The van der Waals surface area contributed by atoms with Gasteiger partial charge in [-0.05, 0) is 6.92 Å². The second-order valence-electron chi connectivity index (χ2n) is 3.06. The maximum atomic E-state index is 6.97. The molecule has 0 aromatic carbocycles. The van der Waals surface area contributed by atoms with Crippen LogP contribution in [-0.4, -0.2) is 10.2 Å². The van der Waals surface area contributed by atoms with Crippen LogP contribution in [0.1, 0.15) is 19.5 Å². The minimum Gasteiger partial charge on any atom is -0.259 e. The van der Waals surface area contributed by atoms with E-state index in [1.807, 2.05) is 19.1 Å². The minimum atomic E-state index is 0.467. The molecule has 0 saturated heterocycles. The van der Waals surface area contributed by atoms with Gasteiger partial charge in [-0.3, -0.25) is 4.98 Å². The molecule has 0 N–H and O–H groups in total. The van der Waals surface area contributed by atoms with Crippen molar-refractivity contribution in [2.75, 3.05) is 0 Å². The molecule has 1 aromatic heterocycles. The van der Waals surface area contributed by atoms with Crippen molar-refractivity contribution in [2.45, 2.75) is 31.0 Å². The summed E-state index contributed by atoms with van der Waals surface area (Å²) in [6.45, 7) is 13.1. The van der Waals surface area contributed by atoms with Gasteiger partial charge >= 0.3 is 0 Å². The Morgan fingerprint density at radius 2 is 2.15 bits per heavy atom. The zero-order valence-electron chi connectivity index (χ0n) is 8.03. The van der Waals surface area contributed by atoms with Crippen LogP contribution in [0.15, 0.2) is 17.2 Å². The van der Waals surface area contributed by atoms with Crippen molar-refractivity contribution < 1.29 is 0 Å². The Kier molecular flexibility index (Phi) is 3.32. The maximum Gasteiger partial charge on any atom is 0.218 e. The van der Waals surface area contributed by atoms with Crippen LogP contribution in [0.2, 0.25) is 0 Å². The van der Waals surface area contributed by atoms with Crippen LogP contribution >= 0.6 is 11.8 Å².